The standard InChI is InChI=1S/C15H19N3O/c1-11(2)13-5-3-12(4-6-13)10-18-14(7-8-17-18)9-15(16)19/h3-8,11H,9-10H2,1-2H3,(H2,16,19). The van der Waals surface area contributed by atoms with E-state index in [1.54, 1.807) is 6.20 Å². The molecule has 0 saturated carbocycles. The first-order valence-electron chi connectivity index (χ1n) is 6.44. The zero-order valence-corrected chi connectivity index (χ0v) is 11.3. The van der Waals surface area contributed by atoms with E-state index >= 15 is 0 Å². The van der Waals surface area contributed by atoms with E-state index in [-0.39, 0.29) is 12.3 Å². The number of nitrogens with zero attached hydrogens (tertiary/aromatic N) is 2. The van der Waals surface area contributed by atoms with Crippen molar-refractivity contribution in [2.24, 2.45) is 5.73 Å². The van der Waals surface area contributed by atoms with Crippen LogP contribution in [-0.4, -0.2) is 15.7 Å². The Bertz CT molecular complexity index is 555. The molecule has 0 radical (unpaired) electrons. The molecule has 0 fully saturated rings. The molecule has 1 aromatic heterocycles. The molecule has 0 spiro atoms. The smallest absolute Gasteiger partial charge is 0.223 e. The van der Waals surface area contributed by atoms with Gasteiger partial charge in [0.2, 0.25) is 5.91 Å². The Labute approximate surface area is 113 Å². The van der Waals surface area contributed by atoms with E-state index in [0.29, 0.717) is 12.5 Å². The lowest BCUT2D eigenvalue weighted by atomic mass is 10.0. The number of primary amides is 1. The molecule has 1 amide bonds. The average molecular weight is 257 g/mol. The van der Waals surface area contributed by atoms with Crippen LogP contribution in [0.4, 0.5) is 0 Å². The first-order chi connectivity index (χ1) is 9.06. The predicted octanol–water partition coefficient (Wildman–Crippen LogP) is 2.08. The zero-order valence-electron chi connectivity index (χ0n) is 11.3. The van der Waals surface area contributed by atoms with Gasteiger partial charge in [0, 0.05) is 11.9 Å². The summed E-state index contributed by atoms with van der Waals surface area (Å²) in [7, 11) is 0. The minimum absolute atomic E-state index is 0.226. The summed E-state index contributed by atoms with van der Waals surface area (Å²) in [5, 5.41) is 4.23. The van der Waals surface area contributed by atoms with Crippen LogP contribution in [0.1, 0.15) is 36.6 Å². The normalized spacial score (nSPS) is 10.9. The van der Waals surface area contributed by atoms with Crippen LogP contribution >= 0.6 is 0 Å². The molecule has 1 aromatic carbocycles. The maximum atomic E-state index is 11.0. The molecule has 4 heteroatoms. The Hall–Kier alpha value is -2.10. The third kappa shape index (κ3) is 3.44. The molecule has 2 aromatic rings. The highest BCUT2D eigenvalue weighted by Crippen LogP contribution is 2.15. The summed E-state index contributed by atoms with van der Waals surface area (Å²) in [6.45, 7) is 5.01. The molecule has 0 unspecified atom stereocenters. The van der Waals surface area contributed by atoms with Crippen LogP contribution in [0.25, 0.3) is 0 Å². The molecule has 0 aliphatic heterocycles. The summed E-state index contributed by atoms with van der Waals surface area (Å²) in [5.41, 5.74) is 8.55. The largest absolute Gasteiger partial charge is 0.369 e. The molecule has 0 bridgehead atoms. The summed E-state index contributed by atoms with van der Waals surface area (Å²) in [6, 6.07) is 10.3. The van der Waals surface area contributed by atoms with E-state index in [2.05, 4.69) is 43.2 Å². The van der Waals surface area contributed by atoms with Crippen molar-refractivity contribution in [3.05, 3.63) is 53.3 Å². The number of carbonyl (C=O) groups excluding carboxylic acids is 1. The summed E-state index contributed by atoms with van der Waals surface area (Å²) < 4.78 is 1.81. The average Bonchev–Trinajstić information content (AvgIpc) is 2.76. The fraction of sp³-hybridized carbons (Fsp3) is 0.333. The first kappa shape index (κ1) is 13.3. The van der Waals surface area contributed by atoms with Crippen LogP contribution in [-0.2, 0) is 17.8 Å². The number of amides is 1. The molecule has 2 N–H and O–H groups in total. The van der Waals surface area contributed by atoms with Gasteiger partial charge in [-0.3, -0.25) is 9.48 Å². The van der Waals surface area contributed by atoms with Gasteiger partial charge in [0.05, 0.1) is 13.0 Å². The summed E-state index contributed by atoms with van der Waals surface area (Å²) in [6.07, 6.45) is 1.92. The highest BCUT2D eigenvalue weighted by molar-refractivity contribution is 5.76. The number of carbonyl (C=O) groups is 1. The molecule has 1 heterocycles. The van der Waals surface area contributed by atoms with Crippen LogP contribution < -0.4 is 5.73 Å². The molecule has 0 aliphatic rings. The summed E-state index contributed by atoms with van der Waals surface area (Å²) >= 11 is 0. The number of benzene rings is 1. The Balaban J connectivity index is 2.12. The number of hydrogen-bond donors (Lipinski definition) is 1. The van der Waals surface area contributed by atoms with Crippen molar-refractivity contribution in [2.75, 3.05) is 0 Å². The van der Waals surface area contributed by atoms with Crippen LogP contribution in [0.5, 0.6) is 0 Å². The van der Waals surface area contributed by atoms with Gasteiger partial charge in [0.15, 0.2) is 0 Å². The van der Waals surface area contributed by atoms with Gasteiger partial charge in [-0.2, -0.15) is 5.10 Å². The predicted molar refractivity (Wildman–Crippen MR) is 74.8 cm³/mol. The van der Waals surface area contributed by atoms with E-state index in [0.717, 1.165) is 5.69 Å². The second-order valence-electron chi connectivity index (χ2n) is 5.02. The minimum atomic E-state index is -0.336. The SMILES string of the molecule is CC(C)c1ccc(Cn2nccc2CC(N)=O)cc1. The third-order valence-electron chi connectivity index (χ3n) is 3.14. The van der Waals surface area contributed by atoms with Crippen molar-refractivity contribution in [1.82, 2.24) is 9.78 Å². The number of nitrogens with two attached hydrogens (primary N) is 1. The second-order valence-corrected chi connectivity index (χ2v) is 5.02. The molecule has 4 nitrogen and oxygen atoms in total. The maximum Gasteiger partial charge on any atom is 0.223 e. The number of hydrogen-bond acceptors (Lipinski definition) is 2. The van der Waals surface area contributed by atoms with Crippen molar-refractivity contribution in [1.29, 1.82) is 0 Å². The van der Waals surface area contributed by atoms with Crippen molar-refractivity contribution in [3.8, 4) is 0 Å². The Morgan fingerprint density at radius 1 is 1.26 bits per heavy atom. The van der Waals surface area contributed by atoms with Gasteiger partial charge in [-0.05, 0) is 23.1 Å². The lowest BCUT2D eigenvalue weighted by Crippen LogP contribution is -2.17. The molecule has 2 rings (SSSR count). The monoisotopic (exact) mass is 257 g/mol. The van der Waals surface area contributed by atoms with Gasteiger partial charge in [0.25, 0.3) is 0 Å². The first-order valence-corrected chi connectivity index (χ1v) is 6.44. The molecule has 0 aliphatic carbocycles. The van der Waals surface area contributed by atoms with Gasteiger partial charge >= 0.3 is 0 Å². The Morgan fingerprint density at radius 2 is 1.95 bits per heavy atom. The topological polar surface area (TPSA) is 60.9 Å². The van der Waals surface area contributed by atoms with Gasteiger partial charge in [-0.25, -0.2) is 0 Å². The number of rotatable bonds is 5. The van der Waals surface area contributed by atoms with E-state index in [1.807, 2.05) is 10.7 Å². The number of aromatic nitrogens is 2. The van der Waals surface area contributed by atoms with Crippen molar-refractivity contribution in [3.63, 3.8) is 0 Å². The van der Waals surface area contributed by atoms with E-state index < -0.39 is 0 Å². The van der Waals surface area contributed by atoms with Gasteiger partial charge in [-0.1, -0.05) is 38.1 Å². The third-order valence-corrected chi connectivity index (χ3v) is 3.14. The lowest BCUT2D eigenvalue weighted by Gasteiger charge is -2.09. The van der Waals surface area contributed by atoms with E-state index in [9.17, 15) is 4.79 Å². The zero-order chi connectivity index (χ0) is 13.8. The Kier molecular flexibility index (Phi) is 4.00. The van der Waals surface area contributed by atoms with Crippen molar-refractivity contribution < 1.29 is 4.79 Å². The fourth-order valence-corrected chi connectivity index (χ4v) is 2.01. The highest BCUT2D eigenvalue weighted by Gasteiger charge is 2.06. The lowest BCUT2D eigenvalue weighted by molar-refractivity contribution is -0.117. The van der Waals surface area contributed by atoms with Crippen LogP contribution in [0.15, 0.2) is 36.5 Å². The van der Waals surface area contributed by atoms with Crippen LogP contribution in [0.3, 0.4) is 0 Å². The highest BCUT2D eigenvalue weighted by atomic mass is 16.1. The quantitative estimate of drug-likeness (QED) is 0.891. The van der Waals surface area contributed by atoms with Crippen LogP contribution in [0.2, 0.25) is 0 Å². The van der Waals surface area contributed by atoms with Crippen LogP contribution in [0, 0.1) is 0 Å². The molecule has 0 atom stereocenters. The summed E-state index contributed by atoms with van der Waals surface area (Å²) in [5.74, 6) is 0.195. The van der Waals surface area contributed by atoms with Gasteiger partial charge in [0.1, 0.15) is 0 Å². The minimum Gasteiger partial charge on any atom is -0.369 e. The molecule has 0 saturated heterocycles. The Morgan fingerprint density at radius 3 is 2.53 bits per heavy atom. The summed E-state index contributed by atoms with van der Waals surface area (Å²) in [4.78, 5) is 11.0. The molecule has 100 valence electrons. The second kappa shape index (κ2) is 5.69. The van der Waals surface area contributed by atoms with E-state index in [1.165, 1.54) is 11.1 Å². The van der Waals surface area contributed by atoms with E-state index in [4.69, 9.17) is 5.73 Å². The van der Waals surface area contributed by atoms with Crippen molar-refractivity contribution >= 4 is 5.91 Å². The molecular formula is C15H19N3O. The van der Waals surface area contributed by atoms with Gasteiger partial charge < -0.3 is 5.73 Å². The molecule has 19 heavy (non-hydrogen) atoms. The van der Waals surface area contributed by atoms with Gasteiger partial charge in [-0.15, -0.1) is 0 Å². The fourth-order valence-electron chi connectivity index (χ4n) is 2.01. The maximum absolute atomic E-state index is 11.0. The van der Waals surface area contributed by atoms with Crippen molar-refractivity contribution in [2.45, 2.75) is 32.7 Å². The molecular weight excluding hydrogens is 238 g/mol.